The van der Waals surface area contributed by atoms with E-state index in [4.69, 9.17) is 5.73 Å². The second kappa shape index (κ2) is 7.98. The first-order chi connectivity index (χ1) is 15.2. The zero-order valence-corrected chi connectivity index (χ0v) is 16.1. The van der Waals surface area contributed by atoms with Crippen LogP contribution in [0.5, 0.6) is 0 Å². The van der Waals surface area contributed by atoms with Crippen molar-refractivity contribution in [3.8, 4) is 5.69 Å². The maximum absolute atomic E-state index is 12.6. The van der Waals surface area contributed by atoms with E-state index in [1.54, 1.807) is 35.0 Å². The maximum atomic E-state index is 12.6. The summed E-state index contributed by atoms with van der Waals surface area (Å²) in [5.74, 6) is 0.0714. The summed E-state index contributed by atoms with van der Waals surface area (Å²) in [4.78, 5) is 35.5. The number of benzene rings is 1. The van der Waals surface area contributed by atoms with Crippen LogP contribution < -0.4 is 21.8 Å². The van der Waals surface area contributed by atoms with E-state index in [9.17, 15) is 22.8 Å². The molecule has 4 N–H and O–H groups in total. The monoisotopic (exact) mass is 441 g/mol. The van der Waals surface area contributed by atoms with Gasteiger partial charge in [-0.25, -0.2) is 19.7 Å². The first kappa shape index (κ1) is 20.8. The summed E-state index contributed by atoms with van der Waals surface area (Å²) in [5, 5.41) is 5.16. The number of aromatic nitrogens is 4. The molecule has 3 heterocycles. The second-order valence-corrected chi connectivity index (χ2v) is 6.56. The fourth-order valence-electron chi connectivity index (χ4n) is 2.95. The largest absolute Gasteiger partial charge is 0.433 e. The molecule has 0 aliphatic rings. The fourth-order valence-corrected chi connectivity index (χ4v) is 2.95. The summed E-state index contributed by atoms with van der Waals surface area (Å²) in [7, 11) is 0. The number of fused-ring (bicyclic) bond motifs is 1. The van der Waals surface area contributed by atoms with Gasteiger partial charge in [0.05, 0.1) is 11.9 Å². The molecule has 0 aliphatic carbocycles. The molecular formula is C20H14F3N7O2. The molecule has 4 rings (SSSR count). The molecule has 0 aliphatic heterocycles. The fraction of sp³-hybridized carbons (Fsp3) is 0.0500. The van der Waals surface area contributed by atoms with Gasteiger partial charge in [0, 0.05) is 23.6 Å². The zero-order chi connectivity index (χ0) is 22.9. The normalized spacial score (nSPS) is 11.3. The molecular weight excluding hydrogens is 427 g/mol. The minimum Gasteiger partial charge on any atom is -0.383 e. The van der Waals surface area contributed by atoms with Gasteiger partial charge in [-0.3, -0.25) is 4.79 Å². The van der Waals surface area contributed by atoms with E-state index in [-0.39, 0.29) is 22.3 Å². The summed E-state index contributed by atoms with van der Waals surface area (Å²) >= 11 is 0. The third-order valence-electron chi connectivity index (χ3n) is 4.42. The van der Waals surface area contributed by atoms with E-state index in [1.807, 2.05) is 0 Å². The van der Waals surface area contributed by atoms with Crippen LogP contribution in [0.1, 0.15) is 5.69 Å². The van der Waals surface area contributed by atoms with Crippen molar-refractivity contribution in [2.45, 2.75) is 6.18 Å². The van der Waals surface area contributed by atoms with Crippen LogP contribution in [0.3, 0.4) is 0 Å². The number of urea groups is 1. The van der Waals surface area contributed by atoms with E-state index in [0.29, 0.717) is 17.0 Å². The Morgan fingerprint density at radius 2 is 1.62 bits per heavy atom. The molecule has 0 radical (unpaired) electrons. The molecule has 0 saturated heterocycles. The van der Waals surface area contributed by atoms with Gasteiger partial charge in [0.2, 0.25) is 0 Å². The Morgan fingerprint density at radius 1 is 0.938 bits per heavy atom. The average molecular weight is 441 g/mol. The molecule has 4 aromatic rings. The lowest BCUT2D eigenvalue weighted by Crippen LogP contribution is -2.19. The van der Waals surface area contributed by atoms with Crippen LogP contribution in [0.4, 0.5) is 35.2 Å². The van der Waals surface area contributed by atoms with Crippen molar-refractivity contribution in [2.24, 2.45) is 0 Å². The number of nitrogens with two attached hydrogens (primary N) is 1. The van der Waals surface area contributed by atoms with E-state index in [2.05, 4.69) is 25.6 Å². The molecule has 0 bridgehead atoms. The predicted molar refractivity (Wildman–Crippen MR) is 111 cm³/mol. The Morgan fingerprint density at radius 3 is 2.28 bits per heavy atom. The predicted octanol–water partition coefficient (Wildman–Crippen LogP) is 3.42. The van der Waals surface area contributed by atoms with Crippen molar-refractivity contribution in [1.82, 2.24) is 19.5 Å². The van der Waals surface area contributed by atoms with Crippen LogP contribution in [-0.2, 0) is 6.18 Å². The number of anilines is 3. The number of hydrogen-bond donors (Lipinski definition) is 3. The molecule has 1 aromatic carbocycles. The first-order valence-electron chi connectivity index (χ1n) is 9.06. The van der Waals surface area contributed by atoms with Gasteiger partial charge < -0.3 is 20.9 Å². The van der Waals surface area contributed by atoms with Gasteiger partial charge in [-0.2, -0.15) is 13.2 Å². The highest BCUT2D eigenvalue weighted by molar-refractivity contribution is 5.99. The average Bonchev–Trinajstić information content (AvgIpc) is 2.74. The summed E-state index contributed by atoms with van der Waals surface area (Å²) in [6, 6.07) is 9.13. The smallest absolute Gasteiger partial charge is 0.383 e. The second-order valence-electron chi connectivity index (χ2n) is 6.56. The molecule has 0 spiro atoms. The minimum atomic E-state index is -4.56. The van der Waals surface area contributed by atoms with Crippen molar-refractivity contribution in [3.05, 3.63) is 77.1 Å². The number of carbonyl (C=O) groups excluding carboxylic acids is 1. The first-order valence-corrected chi connectivity index (χ1v) is 9.06. The number of nitrogen functional groups attached to an aromatic ring is 1. The molecule has 3 aromatic heterocycles. The number of carbonyl (C=O) groups is 1. The number of hydrogen-bond acceptors (Lipinski definition) is 6. The lowest BCUT2D eigenvalue weighted by Gasteiger charge is -2.12. The molecule has 9 nitrogen and oxygen atoms in total. The molecule has 2 amide bonds. The van der Waals surface area contributed by atoms with Gasteiger partial charge in [0.25, 0.3) is 0 Å². The van der Waals surface area contributed by atoms with Crippen LogP contribution in [0.2, 0.25) is 0 Å². The molecule has 162 valence electrons. The van der Waals surface area contributed by atoms with Crippen LogP contribution in [-0.4, -0.2) is 25.6 Å². The lowest BCUT2D eigenvalue weighted by atomic mass is 10.2. The summed E-state index contributed by atoms with van der Waals surface area (Å²) < 4.78 is 39.3. The Hall–Kier alpha value is -4.48. The Bertz CT molecular complexity index is 1350. The lowest BCUT2D eigenvalue weighted by molar-refractivity contribution is -0.141. The Labute approximate surface area is 177 Å². The van der Waals surface area contributed by atoms with Gasteiger partial charge in [-0.05, 0) is 36.4 Å². The van der Waals surface area contributed by atoms with Crippen molar-refractivity contribution >= 4 is 34.3 Å². The number of nitrogens with zero attached hydrogens (tertiary/aromatic N) is 4. The van der Waals surface area contributed by atoms with Crippen molar-refractivity contribution in [2.75, 3.05) is 16.4 Å². The highest BCUT2D eigenvalue weighted by Gasteiger charge is 2.32. The number of nitrogens with one attached hydrogen (secondary N) is 2. The highest BCUT2D eigenvalue weighted by atomic mass is 19.4. The van der Waals surface area contributed by atoms with Crippen molar-refractivity contribution in [3.63, 3.8) is 0 Å². The van der Waals surface area contributed by atoms with E-state index in [1.165, 1.54) is 12.4 Å². The Balaban J connectivity index is 1.50. The van der Waals surface area contributed by atoms with Gasteiger partial charge in [0.15, 0.2) is 11.1 Å². The molecule has 32 heavy (non-hydrogen) atoms. The third-order valence-corrected chi connectivity index (χ3v) is 4.42. The summed E-state index contributed by atoms with van der Waals surface area (Å²) in [6.07, 6.45) is -0.841. The van der Waals surface area contributed by atoms with E-state index in [0.717, 1.165) is 18.3 Å². The van der Waals surface area contributed by atoms with Crippen molar-refractivity contribution < 1.29 is 18.0 Å². The van der Waals surface area contributed by atoms with Gasteiger partial charge in [-0.15, -0.1) is 0 Å². The van der Waals surface area contributed by atoms with Crippen LogP contribution >= 0.6 is 0 Å². The van der Waals surface area contributed by atoms with Crippen LogP contribution in [0, 0.1) is 0 Å². The molecule has 0 unspecified atom stereocenters. The van der Waals surface area contributed by atoms with Crippen LogP contribution in [0.15, 0.2) is 66.0 Å². The zero-order valence-electron chi connectivity index (χ0n) is 16.1. The topological polar surface area (TPSA) is 128 Å². The maximum Gasteiger partial charge on any atom is 0.433 e. The SMILES string of the molecule is Nc1ncnc2c1c(=O)ccn2-c1ccc(NC(=O)Nc2ccc(C(F)(F)F)nc2)cc1. The molecule has 0 atom stereocenters. The third kappa shape index (κ3) is 4.19. The summed E-state index contributed by atoms with van der Waals surface area (Å²) in [6.45, 7) is 0. The highest BCUT2D eigenvalue weighted by Crippen LogP contribution is 2.27. The quantitative estimate of drug-likeness (QED) is 0.447. The number of amides is 2. The number of rotatable bonds is 3. The molecule has 0 fully saturated rings. The van der Waals surface area contributed by atoms with Gasteiger partial charge in [-0.1, -0.05) is 0 Å². The molecule has 0 saturated carbocycles. The van der Waals surface area contributed by atoms with Crippen molar-refractivity contribution in [1.29, 1.82) is 0 Å². The van der Waals surface area contributed by atoms with Gasteiger partial charge in [0.1, 0.15) is 23.2 Å². The van der Waals surface area contributed by atoms with Crippen LogP contribution in [0.25, 0.3) is 16.7 Å². The van der Waals surface area contributed by atoms with E-state index < -0.39 is 17.9 Å². The van der Waals surface area contributed by atoms with E-state index >= 15 is 0 Å². The summed E-state index contributed by atoms with van der Waals surface area (Å²) in [5.41, 5.74) is 5.94. The molecule has 12 heteroatoms. The number of pyridine rings is 2. The Kier molecular flexibility index (Phi) is 5.18. The standard InChI is InChI=1S/C20H14F3N7O2/c21-20(22,23)15-6-3-12(9-25-15)29-19(32)28-11-1-4-13(5-2-11)30-8-7-14(31)16-17(24)26-10-27-18(16)30/h1-10H,(H2,24,26,27)(H2,28,29,32). The van der Waals surface area contributed by atoms with Gasteiger partial charge >= 0.3 is 12.2 Å². The number of halogens is 3. The minimum absolute atomic E-state index is 0.0714. The number of alkyl halides is 3.